The van der Waals surface area contributed by atoms with Gasteiger partial charge in [0, 0.05) is 33.4 Å². The number of hydrogen-bond donors (Lipinski definition) is 0. The minimum Gasteiger partial charge on any atom is -0.455 e. The van der Waals surface area contributed by atoms with Crippen molar-refractivity contribution in [2.75, 3.05) is 4.90 Å². The summed E-state index contributed by atoms with van der Waals surface area (Å²) in [5.74, 6) is 0. The van der Waals surface area contributed by atoms with Crippen molar-refractivity contribution >= 4 is 39.0 Å². The Kier molecular flexibility index (Phi) is 8.76. The standard InChI is InChI=1S/C61H41NO/c1-4-15-42(16-5-1)44-27-33-48(34-28-44)61(47-19-8-3-9-20-47)57-25-12-10-21-53(57)54-40-39-51(41-58(54)61)62(49-35-29-45(30-36-49)43-17-6-2-7-18-43)50-37-31-46(32-38-50)52-23-14-24-56-55-22-11-13-26-59(55)63-60(52)56/h1-41H. The van der Waals surface area contributed by atoms with Crippen LogP contribution in [0.1, 0.15) is 22.3 Å². The van der Waals surface area contributed by atoms with E-state index in [2.05, 4.69) is 241 Å². The average molecular weight is 804 g/mol. The van der Waals surface area contributed by atoms with Crippen molar-refractivity contribution in [3.63, 3.8) is 0 Å². The van der Waals surface area contributed by atoms with Crippen LogP contribution in [0, 0.1) is 0 Å². The maximum Gasteiger partial charge on any atom is 0.143 e. The molecule has 0 bridgehead atoms. The van der Waals surface area contributed by atoms with Crippen LogP contribution in [0.25, 0.3) is 66.4 Å². The number of hydrogen-bond acceptors (Lipinski definition) is 2. The smallest absolute Gasteiger partial charge is 0.143 e. The van der Waals surface area contributed by atoms with Gasteiger partial charge in [-0.3, -0.25) is 0 Å². The third-order valence-corrected chi connectivity index (χ3v) is 13.0. The van der Waals surface area contributed by atoms with Crippen molar-refractivity contribution < 1.29 is 4.42 Å². The van der Waals surface area contributed by atoms with Crippen molar-refractivity contribution in [3.05, 3.63) is 271 Å². The fourth-order valence-electron chi connectivity index (χ4n) is 10.1. The molecule has 2 heteroatoms. The van der Waals surface area contributed by atoms with Crippen molar-refractivity contribution in [3.8, 4) is 44.5 Å². The van der Waals surface area contributed by atoms with Crippen LogP contribution in [-0.4, -0.2) is 0 Å². The van der Waals surface area contributed by atoms with E-state index in [1.807, 2.05) is 12.1 Å². The van der Waals surface area contributed by atoms with E-state index in [4.69, 9.17) is 4.42 Å². The lowest BCUT2D eigenvalue weighted by atomic mass is 9.67. The van der Waals surface area contributed by atoms with E-state index in [9.17, 15) is 0 Å². The Bertz CT molecular complexity index is 3410. The first-order chi connectivity index (χ1) is 31.2. The van der Waals surface area contributed by atoms with E-state index in [0.717, 1.165) is 50.1 Å². The first kappa shape index (κ1) is 36.6. The van der Waals surface area contributed by atoms with Gasteiger partial charge in [0.25, 0.3) is 0 Å². The van der Waals surface area contributed by atoms with E-state index in [1.165, 1.54) is 55.6 Å². The summed E-state index contributed by atoms with van der Waals surface area (Å²) in [7, 11) is 0. The monoisotopic (exact) mass is 803 g/mol. The summed E-state index contributed by atoms with van der Waals surface area (Å²) in [4.78, 5) is 2.40. The molecule has 0 fully saturated rings. The number of furan rings is 1. The fourth-order valence-corrected chi connectivity index (χ4v) is 10.1. The van der Waals surface area contributed by atoms with Gasteiger partial charge in [-0.1, -0.05) is 206 Å². The van der Waals surface area contributed by atoms with Crippen LogP contribution in [0.4, 0.5) is 17.1 Å². The van der Waals surface area contributed by atoms with Gasteiger partial charge in [-0.25, -0.2) is 0 Å². The van der Waals surface area contributed by atoms with Gasteiger partial charge < -0.3 is 9.32 Å². The lowest BCUT2D eigenvalue weighted by Crippen LogP contribution is -2.28. The van der Waals surface area contributed by atoms with E-state index in [-0.39, 0.29) is 0 Å². The zero-order chi connectivity index (χ0) is 41.7. The predicted molar refractivity (Wildman–Crippen MR) is 262 cm³/mol. The summed E-state index contributed by atoms with van der Waals surface area (Å²) >= 11 is 0. The van der Waals surface area contributed by atoms with Crippen LogP contribution in [0.3, 0.4) is 0 Å². The van der Waals surface area contributed by atoms with Crippen molar-refractivity contribution in [2.24, 2.45) is 0 Å². The molecule has 0 radical (unpaired) electrons. The van der Waals surface area contributed by atoms with E-state index >= 15 is 0 Å². The van der Waals surface area contributed by atoms with E-state index in [0.29, 0.717) is 0 Å². The maximum atomic E-state index is 6.48. The second-order valence-electron chi connectivity index (χ2n) is 16.4. The average Bonchev–Trinajstić information content (AvgIpc) is 3.89. The normalized spacial score (nSPS) is 14.1. The Balaban J connectivity index is 1.04. The minimum atomic E-state index is -0.559. The molecule has 1 aromatic heterocycles. The quantitative estimate of drug-likeness (QED) is 0.152. The Morgan fingerprint density at radius 3 is 1.46 bits per heavy atom. The molecule has 296 valence electrons. The third-order valence-electron chi connectivity index (χ3n) is 13.0. The molecule has 0 saturated heterocycles. The number of nitrogens with zero attached hydrogens (tertiary/aromatic N) is 1. The molecule has 1 aliphatic carbocycles. The molecule has 1 aliphatic rings. The molecule has 0 saturated carbocycles. The topological polar surface area (TPSA) is 16.4 Å². The summed E-state index contributed by atoms with van der Waals surface area (Å²) in [6, 6.07) is 90.3. The molecule has 63 heavy (non-hydrogen) atoms. The number of rotatable bonds is 8. The molecule has 11 aromatic rings. The molecule has 1 unspecified atom stereocenters. The molecular weight excluding hydrogens is 763 g/mol. The second kappa shape index (κ2) is 15.1. The zero-order valence-electron chi connectivity index (χ0n) is 34.5. The van der Waals surface area contributed by atoms with Gasteiger partial charge in [0.05, 0.1) is 5.41 Å². The Hall–Kier alpha value is -8.20. The fraction of sp³-hybridized carbons (Fsp3) is 0.0164. The Morgan fingerprint density at radius 2 is 0.778 bits per heavy atom. The molecule has 12 rings (SSSR count). The van der Waals surface area contributed by atoms with Crippen molar-refractivity contribution in [2.45, 2.75) is 5.41 Å². The van der Waals surface area contributed by atoms with Gasteiger partial charge in [-0.15, -0.1) is 0 Å². The molecule has 2 nitrogen and oxygen atoms in total. The summed E-state index contributed by atoms with van der Waals surface area (Å²) < 4.78 is 6.48. The van der Waals surface area contributed by atoms with Crippen LogP contribution < -0.4 is 4.90 Å². The summed E-state index contributed by atoms with van der Waals surface area (Å²) in [5.41, 5.74) is 19.0. The number of para-hydroxylation sites is 2. The molecule has 1 atom stereocenters. The first-order valence-corrected chi connectivity index (χ1v) is 21.7. The predicted octanol–water partition coefficient (Wildman–Crippen LogP) is 16.4. The summed E-state index contributed by atoms with van der Waals surface area (Å²) in [5, 5.41) is 2.26. The van der Waals surface area contributed by atoms with Gasteiger partial charge in [0.15, 0.2) is 0 Å². The van der Waals surface area contributed by atoms with Gasteiger partial charge in [-0.05, 0) is 104 Å². The van der Waals surface area contributed by atoms with Gasteiger partial charge >= 0.3 is 0 Å². The lowest BCUT2D eigenvalue weighted by Gasteiger charge is -2.35. The number of fused-ring (bicyclic) bond motifs is 6. The van der Waals surface area contributed by atoms with Crippen LogP contribution in [0.2, 0.25) is 0 Å². The zero-order valence-corrected chi connectivity index (χ0v) is 34.5. The second-order valence-corrected chi connectivity index (χ2v) is 16.4. The van der Waals surface area contributed by atoms with Gasteiger partial charge in [0.2, 0.25) is 0 Å². The van der Waals surface area contributed by atoms with Gasteiger partial charge in [0.1, 0.15) is 11.2 Å². The molecule has 0 N–H and O–H groups in total. The molecule has 0 aliphatic heterocycles. The third kappa shape index (κ3) is 6.02. The largest absolute Gasteiger partial charge is 0.455 e. The summed E-state index contributed by atoms with van der Waals surface area (Å²) in [6.07, 6.45) is 0. The van der Waals surface area contributed by atoms with Crippen molar-refractivity contribution in [1.29, 1.82) is 0 Å². The lowest BCUT2D eigenvalue weighted by molar-refractivity contribution is 0.670. The first-order valence-electron chi connectivity index (χ1n) is 21.7. The van der Waals surface area contributed by atoms with Crippen LogP contribution in [0.15, 0.2) is 253 Å². The van der Waals surface area contributed by atoms with Crippen molar-refractivity contribution in [1.82, 2.24) is 0 Å². The number of benzene rings is 10. The minimum absolute atomic E-state index is 0.559. The summed E-state index contributed by atoms with van der Waals surface area (Å²) in [6.45, 7) is 0. The highest BCUT2D eigenvalue weighted by molar-refractivity contribution is 6.09. The molecule has 10 aromatic carbocycles. The molecular formula is C61H41NO. The molecule has 1 heterocycles. The van der Waals surface area contributed by atoms with Crippen LogP contribution >= 0.6 is 0 Å². The highest BCUT2D eigenvalue weighted by Crippen LogP contribution is 2.57. The van der Waals surface area contributed by atoms with Crippen LogP contribution in [-0.2, 0) is 5.41 Å². The highest BCUT2D eigenvalue weighted by atomic mass is 16.3. The van der Waals surface area contributed by atoms with E-state index < -0.39 is 5.41 Å². The Labute approximate surface area is 367 Å². The SMILES string of the molecule is c1ccc(-c2ccc(N(c3ccc(-c4cccc5c4oc4ccccc45)cc3)c3ccc4c(c3)C(c3ccccc3)(c3ccc(-c5ccccc5)cc3)c3ccccc3-4)cc2)cc1. The highest BCUT2D eigenvalue weighted by Gasteiger charge is 2.46. The Morgan fingerprint density at radius 1 is 0.302 bits per heavy atom. The van der Waals surface area contributed by atoms with Gasteiger partial charge in [-0.2, -0.15) is 0 Å². The van der Waals surface area contributed by atoms with E-state index in [1.54, 1.807) is 0 Å². The molecule has 0 amide bonds. The molecule has 0 spiro atoms. The van der Waals surface area contributed by atoms with Crippen LogP contribution in [0.5, 0.6) is 0 Å². The maximum absolute atomic E-state index is 6.48. The number of anilines is 3.